The number of nitrogens with zero attached hydrogens (tertiary/aromatic N) is 1. The zero-order valence-corrected chi connectivity index (χ0v) is 18.1. The van der Waals surface area contributed by atoms with Crippen LogP contribution in [0.15, 0.2) is 30.3 Å². The van der Waals surface area contributed by atoms with Crippen LogP contribution in [0.25, 0.3) is 0 Å². The molecular weight excluding hydrogens is 420 g/mol. The first-order chi connectivity index (χ1) is 15.4. The lowest BCUT2D eigenvalue weighted by atomic mass is 10.0. The average molecular weight is 444 g/mol. The Morgan fingerprint density at radius 1 is 1.00 bits per heavy atom. The number of benzene rings is 2. The zero-order chi connectivity index (χ0) is 23.4. The standard InChI is InChI=1S/C22H24N2O8/c1-5-32-17-10-12(6-8-15(17)29-2)14(11-18(25)23-28)24-21(26)13-7-9-16(30-3)20(31-4)19(13)22(24)27/h6-10,14,28H,5,11H2,1-4H3,(H,23,25). The number of carbonyl (C=O) groups is 3. The molecule has 0 saturated carbocycles. The summed E-state index contributed by atoms with van der Waals surface area (Å²) in [6.07, 6.45) is -0.376. The molecule has 2 N–H and O–H groups in total. The van der Waals surface area contributed by atoms with E-state index in [1.54, 1.807) is 30.6 Å². The van der Waals surface area contributed by atoms with E-state index in [-0.39, 0.29) is 23.3 Å². The zero-order valence-electron chi connectivity index (χ0n) is 18.1. The molecule has 2 aromatic carbocycles. The fraction of sp³-hybridized carbons (Fsp3) is 0.318. The molecule has 32 heavy (non-hydrogen) atoms. The Morgan fingerprint density at radius 3 is 2.28 bits per heavy atom. The second-order valence-corrected chi connectivity index (χ2v) is 6.80. The van der Waals surface area contributed by atoms with Crippen molar-refractivity contribution in [1.29, 1.82) is 0 Å². The van der Waals surface area contributed by atoms with Crippen molar-refractivity contribution in [3.05, 3.63) is 47.0 Å². The molecule has 10 nitrogen and oxygen atoms in total. The summed E-state index contributed by atoms with van der Waals surface area (Å²) in [5, 5.41) is 9.08. The molecule has 0 spiro atoms. The number of hydroxylamine groups is 1. The van der Waals surface area contributed by atoms with Gasteiger partial charge in [0.1, 0.15) is 0 Å². The van der Waals surface area contributed by atoms with E-state index in [4.69, 9.17) is 24.2 Å². The minimum Gasteiger partial charge on any atom is -0.493 e. The van der Waals surface area contributed by atoms with Crippen molar-refractivity contribution in [2.45, 2.75) is 19.4 Å². The lowest BCUT2D eigenvalue weighted by molar-refractivity contribution is -0.130. The van der Waals surface area contributed by atoms with Crippen LogP contribution in [0.1, 0.15) is 45.7 Å². The van der Waals surface area contributed by atoms with E-state index in [1.165, 1.54) is 33.5 Å². The number of hydrogen-bond donors (Lipinski definition) is 2. The fourth-order valence-corrected chi connectivity index (χ4v) is 3.69. The van der Waals surface area contributed by atoms with Crippen molar-refractivity contribution in [3.63, 3.8) is 0 Å². The molecule has 0 aromatic heterocycles. The molecule has 10 heteroatoms. The molecule has 0 fully saturated rings. The van der Waals surface area contributed by atoms with Gasteiger partial charge in [-0.3, -0.25) is 24.5 Å². The van der Waals surface area contributed by atoms with Crippen LogP contribution in [-0.4, -0.2) is 55.8 Å². The Hall–Kier alpha value is -3.79. The molecule has 0 bridgehead atoms. The van der Waals surface area contributed by atoms with Gasteiger partial charge in [0.25, 0.3) is 11.8 Å². The van der Waals surface area contributed by atoms with Gasteiger partial charge in [0.2, 0.25) is 5.91 Å². The number of methoxy groups -OCH3 is 3. The molecule has 0 saturated heterocycles. The summed E-state index contributed by atoms with van der Waals surface area (Å²) in [6, 6.07) is 6.81. The van der Waals surface area contributed by atoms with Crippen molar-refractivity contribution in [2.24, 2.45) is 0 Å². The van der Waals surface area contributed by atoms with Crippen LogP contribution in [-0.2, 0) is 4.79 Å². The molecule has 0 aliphatic carbocycles. The summed E-state index contributed by atoms with van der Waals surface area (Å²) < 4.78 is 21.5. The van der Waals surface area contributed by atoms with Crippen LogP contribution >= 0.6 is 0 Å². The van der Waals surface area contributed by atoms with Gasteiger partial charge in [-0.15, -0.1) is 0 Å². The van der Waals surface area contributed by atoms with Crippen LogP contribution in [0, 0.1) is 0 Å². The van der Waals surface area contributed by atoms with E-state index in [1.807, 2.05) is 0 Å². The number of fused-ring (bicyclic) bond motifs is 1. The average Bonchev–Trinajstić information content (AvgIpc) is 3.06. The molecular formula is C22H24N2O8. The minimum atomic E-state index is -1.03. The smallest absolute Gasteiger partial charge is 0.266 e. The maximum absolute atomic E-state index is 13.4. The van der Waals surface area contributed by atoms with Gasteiger partial charge in [-0.1, -0.05) is 6.07 Å². The Kier molecular flexibility index (Phi) is 6.84. The lowest BCUT2D eigenvalue weighted by Crippen LogP contribution is -2.37. The second kappa shape index (κ2) is 9.56. The maximum Gasteiger partial charge on any atom is 0.266 e. The predicted octanol–water partition coefficient (Wildman–Crippen LogP) is 2.34. The third-order valence-corrected chi connectivity index (χ3v) is 5.11. The Labute approximate surface area is 184 Å². The van der Waals surface area contributed by atoms with Crippen LogP contribution < -0.4 is 24.4 Å². The molecule has 1 heterocycles. The van der Waals surface area contributed by atoms with Gasteiger partial charge in [0.15, 0.2) is 23.0 Å². The molecule has 1 atom stereocenters. The number of hydrogen-bond acceptors (Lipinski definition) is 8. The van der Waals surface area contributed by atoms with E-state index in [0.29, 0.717) is 29.4 Å². The lowest BCUT2D eigenvalue weighted by Gasteiger charge is -2.26. The van der Waals surface area contributed by atoms with Gasteiger partial charge in [-0.05, 0) is 36.8 Å². The first kappa shape index (κ1) is 22.9. The van der Waals surface area contributed by atoms with Crippen molar-refractivity contribution in [2.75, 3.05) is 27.9 Å². The third kappa shape index (κ3) is 3.92. The van der Waals surface area contributed by atoms with Gasteiger partial charge in [0.05, 0.1) is 51.5 Å². The Bertz CT molecular complexity index is 1050. The summed E-state index contributed by atoms with van der Waals surface area (Å²) in [4.78, 5) is 39.7. The van der Waals surface area contributed by atoms with E-state index in [2.05, 4.69) is 0 Å². The molecule has 2 aromatic rings. The van der Waals surface area contributed by atoms with Gasteiger partial charge < -0.3 is 18.9 Å². The van der Waals surface area contributed by atoms with Gasteiger partial charge in [-0.25, -0.2) is 5.48 Å². The van der Waals surface area contributed by atoms with Crippen molar-refractivity contribution in [3.8, 4) is 23.0 Å². The summed E-state index contributed by atoms with van der Waals surface area (Å²) in [5.41, 5.74) is 2.17. The van der Waals surface area contributed by atoms with Crippen LogP contribution in [0.2, 0.25) is 0 Å². The minimum absolute atomic E-state index is 0.0461. The second-order valence-electron chi connectivity index (χ2n) is 6.80. The number of amides is 3. The highest BCUT2D eigenvalue weighted by Gasteiger charge is 2.44. The SMILES string of the molecule is CCOc1cc(C(CC(=O)NO)N2C(=O)c3ccc(OC)c(OC)c3C2=O)ccc1OC. The molecule has 1 aliphatic heterocycles. The normalized spacial score (nSPS) is 13.5. The van der Waals surface area contributed by atoms with E-state index in [9.17, 15) is 14.4 Å². The third-order valence-electron chi connectivity index (χ3n) is 5.11. The number of carbonyl (C=O) groups excluding carboxylic acids is 3. The maximum atomic E-state index is 13.4. The van der Waals surface area contributed by atoms with Crippen molar-refractivity contribution < 1.29 is 38.5 Å². The quantitative estimate of drug-likeness (QED) is 0.343. The highest BCUT2D eigenvalue weighted by atomic mass is 16.5. The van der Waals surface area contributed by atoms with Gasteiger partial charge >= 0.3 is 0 Å². The fourth-order valence-electron chi connectivity index (χ4n) is 3.69. The number of nitrogens with one attached hydrogen (secondary N) is 1. The largest absolute Gasteiger partial charge is 0.493 e. The Morgan fingerprint density at radius 2 is 1.69 bits per heavy atom. The Balaban J connectivity index is 2.13. The predicted molar refractivity (Wildman–Crippen MR) is 111 cm³/mol. The van der Waals surface area contributed by atoms with Gasteiger partial charge in [0, 0.05) is 0 Å². The summed E-state index contributed by atoms with van der Waals surface area (Å²) in [6.45, 7) is 2.15. The van der Waals surface area contributed by atoms with Crippen LogP contribution in [0.5, 0.6) is 23.0 Å². The van der Waals surface area contributed by atoms with E-state index in [0.717, 1.165) is 4.90 Å². The first-order valence-electron chi connectivity index (χ1n) is 9.78. The van der Waals surface area contributed by atoms with E-state index < -0.39 is 23.8 Å². The van der Waals surface area contributed by atoms with Gasteiger partial charge in [-0.2, -0.15) is 0 Å². The highest BCUT2D eigenvalue weighted by Crippen LogP contribution is 2.42. The molecule has 1 aliphatic rings. The highest BCUT2D eigenvalue weighted by molar-refractivity contribution is 6.23. The molecule has 170 valence electrons. The topological polar surface area (TPSA) is 124 Å². The van der Waals surface area contributed by atoms with Crippen LogP contribution in [0.4, 0.5) is 0 Å². The van der Waals surface area contributed by atoms with E-state index >= 15 is 0 Å². The van der Waals surface area contributed by atoms with Crippen molar-refractivity contribution >= 4 is 17.7 Å². The molecule has 0 radical (unpaired) electrons. The summed E-state index contributed by atoms with van der Waals surface area (Å²) in [7, 11) is 4.27. The van der Waals surface area contributed by atoms with Crippen LogP contribution in [0.3, 0.4) is 0 Å². The molecule has 3 rings (SSSR count). The number of rotatable bonds is 9. The molecule has 3 amide bonds. The summed E-state index contributed by atoms with van der Waals surface area (Å²) in [5.74, 6) is -0.763. The first-order valence-corrected chi connectivity index (χ1v) is 9.78. The number of imide groups is 1. The number of ether oxygens (including phenoxy) is 4. The monoisotopic (exact) mass is 444 g/mol. The summed E-state index contributed by atoms with van der Waals surface area (Å²) >= 11 is 0. The van der Waals surface area contributed by atoms with Crippen molar-refractivity contribution in [1.82, 2.24) is 10.4 Å². The molecule has 1 unspecified atom stereocenters.